The van der Waals surface area contributed by atoms with E-state index in [-0.39, 0.29) is 11.9 Å². The molecule has 5 heteroatoms. The largest absolute Gasteiger partial charge is 0.350 e. The van der Waals surface area contributed by atoms with E-state index in [1.165, 1.54) is 32.1 Å². The van der Waals surface area contributed by atoms with Crippen molar-refractivity contribution in [2.45, 2.75) is 65.0 Å². The third kappa shape index (κ3) is 4.28. The maximum absolute atomic E-state index is 12.1. The molecule has 1 aliphatic rings. The normalized spacial score (nSPS) is 17.9. The summed E-state index contributed by atoms with van der Waals surface area (Å²) < 4.78 is 0. The van der Waals surface area contributed by atoms with Gasteiger partial charge in [-0.25, -0.2) is 4.98 Å². The highest BCUT2D eigenvalue weighted by Crippen LogP contribution is 2.27. The van der Waals surface area contributed by atoms with Gasteiger partial charge in [0.2, 0.25) is 5.91 Å². The fourth-order valence-electron chi connectivity index (χ4n) is 2.92. The lowest BCUT2D eigenvalue weighted by Crippen LogP contribution is -2.41. The van der Waals surface area contributed by atoms with E-state index in [0.29, 0.717) is 12.5 Å². The van der Waals surface area contributed by atoms with E-state index >= 15 is 0 Å². The van der Waals surface area contributed by atoms with Crippen molar-refractivity contribution in [1.82, 2.24) is 10.3 Å². The number of aryl methyl sites for hydroxylation is 2. The summed E-state index contributed by atoms with van der Waals surface area (Å²) in [7, 11) is 0. The quantitative estimate of drug-likeness (QED) is 0.877. The van der Waals surface area contributed by atoms with Crippen LogP contribution in [-0.2, 0) is 11.3 Å². The van der Waals surface area contributed by atoms with Crippen LogP contribution in [0.2, 0.25) is 0 Å². The Morgan fingerprint density at radius 3 is 2.70 bits per heavy atom. The first-order valence-corrected chi connectivity index (χ1v) is 8.34. The fraction of sp³-hybridized carbons (Fsp3) is 0.733. The Hall–Kier alpha value is -0.940. The predicted molar refractivity (Wildman–Crippen MR) is 82.6 cm³/mol. The van der Waals surface area contributed by atoms with Crippen LogP contribution in [0.15, 0.2) is 0 Å². The highest BCUT2D eigenvalue weighted by Gasteiger charge is 2.21. The van der Waals surface area contributed by atoms with Crippen molar-refractivity contribution < 1.29 is 4.79 Å². The van der Waals surface area contributed by atoms with Gasteiger partial charge in [-0.3, -0.25) is 4.79 Å². The summed E-state index contributed by atoms with van der Waals surface area (Å²) in [5.74, 6) is 0.609. The maximum Gasteiger partial charge on any atom is 0.237 e. The third-order valence-corrected chi connectivity index (χ3v) is 5.14. The van der Waals surface area contributed by atoms with Crippen molar-refractivity contribution in [3.05, 3.63) is 15.6 Å². The lowest BCUT2D eigenvalue weighted by atomic mass is 9.85. The van der Waals surface area contributed by atoms with Gasteiger partial charge < -0.3 is 11.1 Å². The number of amides is 1. The molecule has 1 aromatic heterocycles. The molecule has 0 radical (unpaired) electrons. The molecule has 1 aliphatic carbocycles. The highest BCUT2D eigenvalue weighted by molar-refractivity contribution is 7.11. The number of nitrogens with zero attached hydrogens (tertiary/aromatic N) is 1. The molecule has 1 saturated carbocycles. The number of rotatable bonds is 5. The van der Waals surface area contributed by atoms with Crippen LogP contribution >= 0.6 is 11.3 Å². The molecule has 20 heavy (non-hydrogen) atoms. The molecule has 2 rings (SSSR count). The van der Waals surface area contributed by atoms with E-state index in [1.807, 2.05) is 13.8 Å². The molecular weight excluding hydrogens is 270 g/mol. The summed E-state index contributed by atoms with van der Waals surface area (Å²) >= 11 is 1.64. The zero-order valence-electron chi connectivity index (χ0n) is 12.4. The van der Waals surface area contributed by atoms with Crippen LogP contribution in [0.25, 0.3) is 0 Å². The Morgan fingerprint density at radius 2 is 2.10 bits per heavy atom. The number of carbonyl (C=O) groups excluding carboxylic acids is 1. The smallest absolute Gasteiger partial charge is 0.237 e. The van der Waals surface area contributed by atoms with Gasteiger partial charge >= 0.3 is 0 Å². The standard InChI is InChI=1S/C15H25N3OS/c1-10-14(20-11(2)18-10)9-17-15(19)13(16)8-12-6-4-3-5-7-12/h12-13H,3-9,16H2,1-2H3,(H,17,19). The summed E-state index contributed by atoms with van der Waals surface area (Å²) in [5, 5.41) is 3.99. The SMILES string of the molecule is Cc1nc(C)c(CNC(=O)C(N)CC2CCCCC2)s1. The molecule has 1 aromatic rings. The second-order valence-corrected chi connectivity index (χ2v) is 7.09. The Morgan fingerprint density at radius 1 is 1.40 bits per heavy atom. The zero-order chi connectivity index (χ0) is 14.5. The van der Waals surface area contributed by atoms with Crippen molar-refractivity contribution in [1.29, 1.82) is 0 Å². The lowest BCUT2D eigenvalue weighted by molar-refractivity contribution is -0.122. The van der Waals surface area contributed by atoms with Crippen molar-refractivity contribution in [2.24, 2.45) is 11.7 Å². The molecule has 1 unspecified atom stereocenters. The number of aromatic nitrogens is 1. The molecule has 3 N–H and O–H groups in total. The average Bonchev–Trinajstić information content (AvgIpc) is 2.75. The van der Waals surface area contributed by atoms with Crippen molar-refractivity contribution in [3.63, 3.8) is 0 Å². The third-order valence-electron chi connectivity index (χ3n) is 4.07. The van der Waals surface area contributed by atoms with Crippen LogP contribution in [0.5, 0.6) is 0 Å². The molecule has 1 fully saturated rings. The summed E-state index contributed by atoms with van der Waals surface area (Å²) in [4.78, 5) is 17.5. The minimum Gasteiger partial charge on any atom is -0.350 e. The van der Waals surface area contributed by atoms with Crippen molar-refractivity contribution >= 4 is 17.2 Å². The van der Waals surface area contributed by atoms with Crippen LogP contribution < -0.4 is 11.1 Å². The maximum atomic E-state index is 12.1. The zero-order valence-corrected chi connectivity index (χ0v) is 13.3. The van der Waals surface area contributed by atoms with Gasteiger partial charge in [-0.15, -0.1) is 11.3 Å². The molecule has 1 atom stereocenters. The van der Waals surface area contributed by atoms with Gasteiger partial charge in [0.25, 0.3) is 0 Å². The Kier molecular flexibility index (Phi) is 5.54. The fourth-order valence-corrected chi connectivity index (χ4v) is 3.80. The van der Waals surface area contributed by atoms with E-state index in [9.17, 15) is 4.79 Å². The molecule has 0 bridgehead atoms. The van der Waals surface area contributed by atoms with Gasteiger partial charge in [0.1, 0.15) is 0 Å². The molecule has 112 valence electrons. The Bertz CT molecular complexity index is 452. The predicted octanol–water partition coefficient (Wildman–Crippen LogP) is 2.67. The van der Waals surface area contributed by atoms with E-state index in [2.05, 4.69) is 10.3 Å². The van der Waals surface area contributed by atoms with Gasteiger partial charge in [0.15, 0.2) is 0 Å². The van der Waals surface area contributed by atoms with E-state index in [0.717, 1.165) is 22.0 Å². The van der Waals surface area contributed by atoms with Crippen molar-refractivity contribution in [2.75, 3.05) is 0 Å². The van der Waals surface area contributed by atoms with E-state index in [1.54, 1.807) is 11.3 Å². The van der Waals surface area contributed by atoms with Gasteiger partial charge in [-0.2, -0.15) is 0 Å². The second-order valence-electron chi connectivity index (χ2n) is 5.81. The number of hydrogen-bond acceptors (Lipinski definition) is 4. The first kappa shape index (κ1) is 15.4. The van der Waals surface area contributed by atoms with Gasteiger partial charge in [-0.05, 0) is 26.2 Å². The van der Waals surface area contributed by atoms with Gasteiger partial charge in [0.05, 0.1) is 23.3 Å². The summed E-state index contributed by atoms with van der Waals surface area (Å²) in [6, 6.07) is -0.368. The Labute approximate surface area is 125 Å². The molecule has 0 aromatic carbocycles. The van der Waals surface area contributed by atoms with Gasteiger partial charge in [0, 0.05) is 4.88 Å². The summed E-state index contributed by atoms with van der Waals surface area (Å²) in [5.41, 5.74) is 7.04. The molecule has 0 spiro atoms. The summed E-state index contributed by atoms with van der Waals surface area (Å²) in [6.45, 7) is 4.51. The number of hydrogen-bond donors (Lipinski definition) is 2. The number of nitrogens with one attached hydrogen (secondary N) is 1. The monoisotopic (exact) mass is 295 g/mol. The molecule has 1 heterocycles. The van der Waals surface area contributed by atoms with Crippen LogP contribution in [0.3, 0.4) is 0 Å². The molecule has 0 aliphatic heterocycles. The second kappa shape index (κ2) is 7.18. The van der Waals surface area contributed by atoms with Crippen LogP contribution in [0.4, 0.5) is 0 Å². The highest BCUT2D eigenvalue weighted by atomic mass is 32.1. The molecule has 4 nitrogen and oxygen atoms in total. The van der Waals surface area contributed by atoms with Crippen LogP contribution in [-0.4, -0.2) is 16.9 Å². The van der Waals surface area contributed by atoms with E-state index < -0.39 is 0 Å². The van der Waals surface area contributed by atoms with E-state index in [4.69, 9.17) is 5.73 Å². The summed E-state index contributed by atoms with van der Waals surface area (Å²) in [6.07, 6.45) is 7.20. The number of carbonyl (C=O) groups is 1. The number of nitrogens with two attached hydrogens (primary N) is 1. The first-order chi connectivity index (χ1) is 9.56. The van der Waals surface area contributed by atoms with Gasteiger partial charge in [-0.1, -0.05) is 32.1 Å². The molecular formula is C15H25N3OS. The lowest BCUT2D eigenvalue weighted by Gasteiger charge is -2.24. The van der Waals surface area contributed by atoms with Crippen molar-refractivity contribution in [3.8, 4) is 0 Å². The average molecular weight is 295 g/mol. The van der Waals surface area contributed by atoms with Crippen LogP contribution in [0.1, 0.15) is 54.1 Å². The van der Waals surface area contributed by atoms with Crippen LogP contribution in [0, 0.1) is 19.8 Å². The molecule has 1 amide bonds. The molecule has 0 saturated heterocycles. The first-order valence-electron chi connectivity index (χ1n) is 7.52. The number of thiazole rings is 1. The Balaban J connectivity index is 1.77. The minimum absolute atomic E-state index is 0.0268. The minimum atomic E-state index is -0.368. The topological polar surface area (TPSA) is 68.0 Å².